The number of nitrogens with one attached hydrogen (secondary N) is 1. The predicted octanol–water partition coefficient (Wildman–Crippen LogP) is 4.36. The van der Waals surface area contributed by atoms with Gasteiger partial charge in [-0.1, -0.05) is 47.6 Å². The van der Waals surface area contributed by atoms with E-state index in [0.29, 0.717) is 34.0 Å². The summed E-state index contributed by atoms with van der Waals surface area (Å²) in [6, 6.07) is 14.8. The van der Waals surface area contributed by atoms with E-state index in [1.54, 1.807) is 19.2 Å². The number of amides is 1. The normalized spacial score (nSPS) is 10.6. The van der Waals surface area contributed by atoms with Crippen LogP contribution in [0.5, 0.6) is 5.75 Å². The molecule has 0 atom stereocenters. The first-order chi connectivity index (χ1) is 13.1. The van der Waals surface area contributed by atoms with Gasteiger partial charge in [0, 0.05) is 12.1 Å². The molecule has 3 aromatic rings. The van der Waals surface area contributed by atoms with E-state index in [2.05, 4.69) is 15.5 Å². The van der Waals surface area contributed by atoms with E-state index in [4.69, 9.17) is 16.3 Å². The smallest absolute Gasteiger partial charge is 0.234 e. The number of para-hydroxylation sites is 2. The Bertz CT molecular complexity index is 945. The number of halogens is 1. The van der Waals surface area contributed by atoms with E-state index < -0.39 is 0 Å². The van der Waals surface area contributed by atoms with E-state index >= 15 is 0 Å². The summed E-state index contributed by atoms with van der Waals surface area (Å²) in [6.07, 6.45) is 0. The van der Waals surface area contributed by atoms with Crippen LogP contribution in [0.25, 0.3) is 11.4 Å². The Kier molecular flexibility index (Phi) is 6.36. The summed E-state index contributed by atoms with van der Waals surface area (Å²) >= 11 is 7.61. The average Bonchev–Trinajstić information content (AvgIpc) is 3.10. The third kappa shape index (κ3) is 4.43. The molecule has 27 heavy (non-hydrogen) atoms. The summed E-state index contributed by atoms with van der Waals surface area (Å²) < 4.78 is 7.20. The second kappa shape index (κ2) is 8.92. The number of benzene rings is 2. The molecule has 3 rings (SSSR count). The van der Waals surface area contributed by atoms with E-state index in [1.165, 1.54) is 11.8 Å². The lowest BCUT2D eigenvalue weighted by molar-refractivity contribution is -0.113. The standard InChI is InChI=1S/C19H19ClN4O2S/c1-3-24-18(13-8-4-5-9-14(13)20)22-23-19(24)27-12-17(25)21-15-10-6-7-11-16(15)26-2/h4-11H,3,12H2,1-2H3,(H,21,25). The van der Waals surface area contributed by atoms with Gasteiger partial charge in [-0.3, -0.25) is 4.79 Å². The van der Waals surface area contributed by atoms with E-state index in [0.717, 1.165) is 5.56 Å². The molecule has 2 aromatic carbocycles. The second-order valence-corrected chi connectivity index (χ2v) is 6.92. The molecule has 1 amide bonds. The first-order valence-corrected chi connectivity index (χ1v) is 9.74. The van der Waals surface area contributed by atoms with Crippen molar-refractivity contribution >= 4 is 35.0 Å². The maximum absolute atomic E-state index is 12.3. The minimum absolute atomic E-state index is 0.144. The highest BCUT2D eigenvalue weighted by molar-refractivity contribution is 7.99. The van der Waals surface area contributed by atoms with E-state index in [1.807, 2.05) is 47.9 Å². The van der Waals surface area contributed by atoms with Gasteiger partial charge in [-0.05, 0) is 31.2 Å². The van der Waals surface area contributed by atoms with Crippen molar-refractivity contribution in [2.75, 3.05) is 18.2 Å². The third-order valence-electron chi connectivity index (χ3n) is 3.86. The number of carbonyl (C=O) groups excluding carboxylic acids is 1. The number of rotatable bonds is 7. The lowest BCUT2D eigenvalue weighted by Gasteiger charge is -2.10. The number of ether oxygens (including phenoxy) is 1. The Morgan fingerprint density at radius 2 is 1.93 bits per heavy atom. The maximum atomic E-state index is 12.3. The number of hydrogen-bond donors (Lipinski definition) is 1. The number of hydrogen-bond acceptors (Lipinski definition) is 5. The summed E-state index contributed by atoms with van der Waals surface area (Å²) in [5.74, 6) is 1.37. The Hall–Kier alpha value is -2.51. The highest BCUT2D eigenvalue weighted by atomic mass is 35.5. The second-order valence-electron chi connectivity index (χ2n) is 5.57. The summed E-state index contributed by atoms with van der Waals surface area (Å²) in [5, 5.41) is 12.6. The van der Waals surface area contributed by atoms with Crippen LogP contribution in [0.15, 0.2) is 53.7 Å². The summed E-state index contributed by atoms with van der Waals surface area (Å²) in [4.78, 5) is 12.3. The molecule has 0 aliphatic rings. The van der Waals surface area contributed by atoms with Crippen LogP contribution in [0.2, 0.25) is 5.02 Å². The number of anilines is 1. The largest absolute Gasteiger partial charge is 0.495 e. The molecule has 140 valence electrons. The Morgan fingerprint density at radius 1 is 1.19 bits per heavy atom. The van der Waals surface area contributed by atoms with Crippen molar-refractivity contribution in [1.82, 2.24) is 14.8 Å². The van der Waals surface area contributed by atoms with Gasteiger partial charge in [-0.15, -0.1) is 10.2 Å². The molecular formula is C19H19ClN4O2S. The van der Waals surface area contributed by atoms with Gasteiger partial charge in [-0.2, -0.15) is 0 Å². The van der Waals surface area contributed by atoms with Crippen LogP contribution in [-0.4, -0.2) is 33.5 Å². The molecule has 0 fully saturated rings. The van der Waals surface area contributed by atoms with Crippen LogP contribution in [0.1, 0.15) is 6.92 Å². The Balaban J connectivity index is 1.71. The zero-order valence-electron chi connectivity index (χ0n) is 15.0. The quantitative estimate of drug-likeness (QED) is 0.594. The highest BCUT2D eigenvalue weighted by Crippen LogP contribution is 2.29. The molecule has 0 unspecified atom stereocenters. The number of aromatic nitrogens is 3. The van der Waals surface area contributed by atoms with E-state index in [9.17, 15) is 4.79 Å². The lowest BCUT2D eigenvalue weighted by atomic mass is 10.2. The summed E-state index contributed by atoms with van der Waals surface area (Å²) in [5.41, 5.74) is 1.46. The molecule has 6 nitrogen and oxygen atoms in total. The van der Waals surface area contributed by atoms with Crippen molar-refractivity contribution in [2.24, 2.45) is 0 Å². The van der Waals surface area contributed by atoms with Crippen molar-refractivity contribution in [3.63, 3.8) is 0 Å². The van der Waals surface area contributed by atoms with Crippen molar-refractivity contribution in [3.8, 4) is 17.1 Å². The molecular weight excluding hydrogens is 384 g/mol. The molecule has 8 heteroatoms. The topological polar surface area (TPSA) is 69.0 Å². The molecule has 0 aliphatic carbocycles. The van der Waals surface area contributed by atoms with Gasteiger partial charge in [0.1, 0.15) is 5.75 Å². The minimum Gasteiger partial charge on any atom is -0.495 e. The van der Waals surface area contributed by atoms with Crippen LogP contribution in [0.3, 0.4) is 0 Å². The number of nitrogens with zero attached hydrogens (tertiary/aromatic N) is 3. The molecule has 0 aliphatic heterocycles. The molecule has 0 saturated heterocycles. The fourth-order valence-corrected chi connectivity index (χ4v) is 3.61. The van der Waals surface area contributed by atoms with Crippen molar-refractivity contribution in [2.45, 2.75) is 18.6 Å². The molecule has 0 saturated carbocycles. The maximum Gasteiger partial charge on any atom is 0.234 e. The zero-order valence-corrected chi connectivity index (χ0v) is 16.5. The molecule has 1 N–H and O–H groups in total. The van der Waals surface area contributed by atoms with E-state index in [-0.39, 0.29) is 11.7 Å². The van der Waals surface area contributed by atoms with Crippen LogP contribution in [0.4, 0.5) is 5.69 Å². The van der Waals surface area contributed by atoms with Gasteiger partial charge in [0.25, 0.3) is 0 Å². The van der Waals surface area contributed by atoms with Crippen LogP contribution in [0, 0.1) is 0 Å². The van der Waals surface area contributed by atoms with Gasteiger partial charge in [-0.25, -0.2) is 0 Å². The predicted molar refractivity (Wildman–Crippen MR) is 108 cm³/mol. The van der Waals surface area contributed by atoms with Crippen LogP contribution in [-0.2, 0) is 11.3 Å². The Morgan fingerprint density at radius 3 is 2.67 bits per heavy atom. The molecule has 0 spiro atoms. The Labute approximate surface area is 166 Å². The third-order valence-corrected chi connectivity index (χ3v) is 5.16. The lowest BCUT2D eigenvalue weighted by Crippen LogP contribution is -2.15. The monoisotopic (exact) mass is 402 g/mol. The van der Waals surface area contributed by atoms with Gasteiger partial charge < -0.3 is 14.6 Å². The van der Waals surface area contributed by atoms with Crippen LogP contribution >= 0.6 is 23.4 Å². The fourth-order valence-electron chi connectivity index (χ4n) is 2.59. The average molecular weight is 403 g/mol. The summed E-state index contributed by atoms with van der Waals surface area (Å²) in [7, 11) is 1.57. The minimum atomic E-state index is -0.144. The van der Waals surface area contributed by atoms with Crippen molar-refractivity contribution in [3.05, 3.63) is 53.6 Å². The molecule has 1 aromatic heterocycles. The summed E-state index contributed by atoms with van der Waals surface area (Å²) in [6.45, 7) is 2.67. The SMILES string of the molecule is CCn1c(SCC(=O)Nc2ccccc2OC)nnc1-c1ccccc1Cl. The fraction of sp³-hybridized carbons (Fsp3) is 0.211. The number of carbonyl (C=O) groups is 1. The van der Waals surface area contributed by atoms with Crippen molar-refractivity contribution in [1.29, 1.82) is 0 Å². The zero-order chi connectivity index (χ0) is 19.2. The van der Waals surface area contributed by atoms with Crippen molar-refractivity contribution < 1.29 is 9.53 Å². The number of methoxy groups -OCH3 is 1. The highest BCUT2D eigenvalue weighted by Gasteiger charge is 2.16. The van der Waals surface area contributed by atoms with Crippen LogP contribution < -0.4 is 10.1 Å². The molecule has 0 radical (unpaired) electrons. The van der Waals surface area contributed by atoms with Gasteiger partial charge >= 0.3 is 0 Å². The van der Waals surface area contributed by atoms with Gasteiger partial charge in [0.2, 0.25) is 5.91 Å². The van der Waals surface area contributed by atoms with Gasteiger partial charge in [0.05, 0.1) is 23.6 Å². The number of thioether (sulfide) groups is 1. The first-order valence-electron chi connectivity index (χ1n) is 8.37. The molecule has 0 bridgehead atoms. The van der Waals surface area contributed by atoms with Gasteiger partial charge in [0.15, 0.2) is 11.0 Å². The first kappa shape index (κ1) is 19.3. The molecule has 1 heterocycles.